The van der Waals surface area contributed by atoms with Gasteiger partial charge >= 0.3 is 5.97 Å². The molecular formula is C14H10N2O4. The molecule has 2 heterocycles. The number of carbonyl (C=O) groups is 1. The zero-order chi connectivity index (χ0) is 14.4. The van der Waals surface area contributed by atoms with E-state index in [-0.39, 0.29) is 27.9 Å². The molecule has 0 aliphatic carbocycles. The second-order valence-corrected chi connectivity index (χ2v) is 4.51. The van der Waals surface area contributed by atoms with Gasteiger partial charge in [0.2, 0.25) is 11.1 Å². The first-order chi connectivity index (χ1) is 9.47. The van der Waals surface area contributed by atoms with Crippen LogP contribution >= 0.6 is 0 Å². The van der Waals surface area contributed by atoms with Crippen molar-refractivity contribution < 1.29 is 14.3 Å². The average molecular weight is 270 g/mol. The number of hydrogen-bond acceptors (Lipinski definition) is 5. The lowest BCUT2D eigenvalue weighted by atomic mass is 10.1. The number of aryl methyl sites for hydroxylation is 1. The maximum absolute atomic E-state index is 12.4. The summed E-state index contributed by atoms with van der Waals surface area (Å²) < 4.78 is 5.51. The summed E-state index contributed by atoms with van der Waals surface area (Å²) in [6.45, 7) is 1.85. The molecule has 0 saturated heterocycles. The molecule has 3 N–H and O–H groups in total. The third-order valence-electron chi connectivity index (χ3n) is 3.08. The van der Waals surface area contributed by atoms with Crippen molar-refractivity contribution in [1.29, 1.82) is 0 Å². The molecule has 1 aromatic carbocycles. The molecule has 6 nitrogen and oxygen atoms in total. The van der Waals surface area contributed by atoms with Crippen molar-refractivity contribution in [2.45, 2.75) is 6.92 Å². The van der Waals surface area contributed by atoms with Gasteiger partial charge in [0.25, 0.3) is 0 Å². The summed E-state index contributed by atoms with van der Waals surface area (Å²) >= 11 is 0. The SMILES string of the molecule is Cc1ccc2oc3nc(N)c(C(=O)O)cc3c(=O)c2c1. The van der Waals surface area contributed by atoms with Crippen molar-refractivity contribution in [3.8, 4) is 0 Å². The Labute approximate surface area is 112 Å². The van der Waals surface area contributed by atoms with Crippen LogP contribution in [0.25, 0.3) is 22.1 Å². The van der Waals surface area contributed by atoms with Gasteiger partial charge in [-0.15, -0.1) is 0 Å². The van der Waals surface area contributed by atoms with E-state index in [4.69, 9.17) is 15.3 Å². The molecular weight excluding hydrogens is 260 g/mol. The van der Waals surface area contributed by atoms with Gasteiger partial charge in [0.15, 0.2) is 0 Å². The summed E-state index contributed by atoms with van der Waals surface area (Å²) in [5.41, 5.74) is 6.36. The fourth-order valence-corrected chi connectivity index (χ4v) is 2.08. The van der Waals surface area contributed by atoms with Gasteiger partial charge in [-0.25, -0.2) is 4.79 Å². The van der Waals surface area contributed by atoms with Crippen LogP contribution in [-0.2, 0) is 0 Å². The predicted octanol–water partition coefficient (Wildman–Crippen LogP) is 1.93. The number of nitrogens with two attached hydrogens (primary N) is 1. The van der Waals surface area contributed by atoms with Gasteiger partial charge in [-0.1, -0.05) is 11.6 Å². The summed E-state index contributed by atoms with van der Waals surface area (Å²) in [6.07, 6.45) is 0. The molecule has 3 aromatic rings. The van der Waals surface area contributed by atoms with Crippen molar-refractivity contribution in [3.63, 3.8) is 0 Å². The van der Waals surface area contributed by atoms with Crippen LogP contribution in [0.3, 0.4) is 0 Å². The summed E-state index contributed by atoms with van der Waals surface area (Å²) in [5.74, 6) is -1.42. The zero-order valence-electron chi connectivity index (χ0n) is 10.5. The van der Waals surface area contributed by atoms with Crippen molar-refractivity contribution >= 4 is 33.9 Å². The molecule has 0 radical (unpaired) electrons. The highest BCUT2D eigenvalue weighted by Gasteiger charge is 2.15. The number of nitrogen functional groups attached to an aromatic ring is 1. The highest BCUT2D eigenvalue weighted by molar-refractivity contribution is 5.98. The maximum atomic E-state index is 12.4. The summed E-state index contributed by atoms with van der Waals surface area (Å²) in [6, 6.07) is 6.38. The lowest BCUT2D eigenvalue weighted by molar-refractivity contribution is 0.0698. The van der Waals surface area contributed by atoms with E-state index in [9.17, 15) is 9.59 Å². The number of aromatic nitrogens is 1. The number of pyridine rings is 1. The Kier molecular flexibility index (Phi) is 2.47. The molecule has 0 fully saturated rings. The Morgan fingerprint density at radius 1 is 1.30 bits per heavy atom. The number of anilines is 1. The molecule has 20 heavy (non-hydrogen) atoms. The van der Waals surface area contributed by atoms with Gasteiger partial charge in [0, 0.05) is 0 Å². The van der Waals surface area contributed by atoms with E-state index in [0.717, 1.165) is 5.56 Å². The van der Waals surface area contributed by atoms with Gasteiger partial charge in [0.05, 0.1) is 10.8 Å². The largest absolute Gasteiger partial charge is 0.478 e. The molecule has 0 amide bonds. The minimum atomic E-state index is -1.24. The Bertz CT molecular complexity index is 928. The van der Waals surface area contributed by atoms with E-state index < -0.39 is 5.97 Å². The second kappa shape index (κ2) is 4.06. The Morgan fingerprint density at radius 2 is 2.05 bits per heavy atom. The van der Waals surface area contributed by atoms with Crippen LogP contribution < -0.4 is 11.2 Å². The highest BCUT2D eigenvalue weighted by atomic mass is 16.4. The van der Waals surface area contributed by atoms with Crippen LogP contribution in [-0.4, -0.2) is 16.1 Å². The molecule has 0 atom stereocenters. The molecule has 2 aromatic heterocycles. The molecule has 100 valence electrons. The molecule has 0 spiro atoms. The van der Waals surface area contributed by atoms with Crippen molar-refractivity contribution in [2.75, 3.05) is 5.73 Å². The smallest absolute Gasteiger partial charge is 0.339 e. The van der Waals surface area contributed by atoms with E-state index in [0.29, 0.717) is 11.0 Å². The van der Waals surface area contributed by atoms with Gasteiger partial charge in [-0.2, -0.15) is 4.98 Å². The quantitative estimate of drug-likeness (QED) is 0.654. The Balaban J connectivity index is 2.51. The normalized spacial score (nSPS) is 11.1. The Hall–Kier alpha value is -2.89. The number of carboxylic acids is 1. The number of hydrogen-bond donors (Lipinski definition) is 2. The standard InChI is InChI=1S/C14H10N2O4/c1-6-2-3-10-7(4-6)11(17)8-5-9(14(18)19)12(15)16-13(8)20-10/h2-5H,1H3,(H2,15,16)(H,18,19). The molecule has 0 bridgehead atoms. The van der Waals surface area contributed by atoms with Crippen LogP contribution in [0.1, 0.15) is 15.9 Å². The number of benzene rings is 1. The van der Waals surface area contributed by atoms with Crippen molar-refractivity contribution in [3.05, 3.63) is 45.6 Å². The first-order valence-corrected chi connectivity index (χ1v) is 5.84. The van der Waals surface area contributed by atoms with Crippen LogP contribution in [0.4, 0.5) is 5.82 Å². The number of nitrogens with zero attached hydrogens (tertiary/aromatic N) is 1. The molecule has 0 aliphatic heterocycles. The van der Waals surface area contributed by atoms with Crippen molar-refractivity contribution in [1.82, 2.24) is 4.98 Å². The number of aromatic carboxylic acids is 1. The maximum Gasteiger partial charge on any atom is 0.339 e. The van der Waals surface area contributed by atoms with E-state index >= 15 is 0 Å². The monoisotopic (exact) mass is 270 g/mol. The number of rotatable bonds is 1. The predicted molar refractivity (Wildman–Crippen MR) is 73.9 cm³/mol. The van der Waals surface area contributed by atoms with E-state index in [2.05, 4.69) is 4.98 Å². The van der Waals surface area contributed by atoms with E-state index in [1.54, 1.807) is 12.1 Å². The number of carboxylic acid groups (broad SMARTS) is 1. The van der Waals surface area contributed by atoms with Crippen LogP contribution in [0.2, 0.25) is 0 Å². The van der Waals surface area contributed by atoms with Crippen LogP contribution in [0, 0.1) is 6.92 Å². The zero-order valence-corrected chi connectivity index (χ0v) is 10.5. The first-order valence-electron chi connectivity index (χ1n) is 5.84. The lowest BCUT2D eigenvalue weighted by Crippen LogP contribution is -2.09. The summed E-state index contributed by atoms with van der Waals surface area (Å²) in [5, 5.41) is 9.52. The average Bonchev–Trinajstić information content (AvgIpc) is 2.39. The second-order valence-electron chi connectivity index (χ2n) is 4.51. The molecule has 3 rings (SSSR count). The van der Waals surface area contributed by atoms with Gasteiger partial charge in [-0.3, -0.25) is 4.79 Å². The highest BCUT2D eigenvalue weighted by Crippen LogP contribution is 2.21. The first kappa shape index (κ1) is 12.2. The third kappa shape index (κ3) is 1.70. The van der Waals surface area contributed by atoms with Crippen LogP contribution in [0.5, 0.6) is 0 Å². The van der Waals surface area contributed by atoms with Crippen molar-refractivity contribution in [2.24, 2.45) is 0 Å². The summed E-state index contributed by atoms with van der Waals surface area (Å²) in [4.78, 5) is 27.3. The minimum Gasteiger partial charge on any atom is -0.478 e. The topological polar surface area (TPSA) is 106 Å². The molecule has 0 saturated carbocycles. The van der Waals surface area contributed by atoms with E-state index in [1.165, 1.54) is 6.07 Å². The van der Waals surface area contributed by atoms with Gasteiger partial charge in [-0.05, 0) is 25.1 Å². The van der Waals surface area contributed by atoms with Gasteiger partial charge < -0.3 is 15.3 Å². The lowest BCUT2D eigenvalue weighted by Gasteiger charge is -2.04. The fourth-order valence-electron chi connectivity index (χ4n) is 2.08. The minimum absolute atomic E-state index is 0.0360. The van der Waals surface area contributed by atoms with E-state index in [1.807, 2.05) is 13.0 Å². The number of fused-ring (bicyclic) bond motifs is 2. The molecule has 6 heteroatoms. The van der Waals surface area contributed by atoms with Crippen LogP contribution in [0.15, 0.2) is 33.5 Å². The molecule has 0 aliphatic rings. The Morgan fingerprint density at radius 3 is 2.75 bits per heavy atom. The molecule has 0 unspecified atom stereocenters. The third-order valence-corrected chi connectivity index (χ3v) is 3.08. The summed E-state index contributed by atoms with van der Waals surface area (Å²) in [7, 11) is 0. The fraction of sp³-hybridized carbons (Fsp3) is 0.0714. The van der Waals surface area contributed by atoms with Gasteiger partial charge in [0.1, 0.15) is 17.0 Å².